The van der Waals surface area contributed by atoms with Crippen LogP contribution < -0.4 is 5.32 Å². The van der Waals surface area contributed by atoms with Crippen LogP contribution in [0.1, 0.15) is 41.3 Å². The van der Waals surface area contributed by atoms with Crippen molar-refractivity contribution in [3.05, 3.63) is 89.2 Å². The summed E-state index contributed by atoms with van der Waals surface area (Å²) in [6.07, 6.45) is -0.825. The summed E-state index contributed by atoms with van der Waals surface area (Å²) in [6, 6.07) is 19.4. The number of benzene rings is 3. The van der Waals surface area contributed by atoms with E-state index in [0.717, 1.165) is 33.2 Å². The third-order valence-corrected chi connectivity index (χ3v) is 6.46. The quantitative estimate of drug-likeness (QED) is 0.515. The van der Waals surface area contributed by atoms with Gasteiger partial charge in [-0.2, -0.15) is 0 Å². The molecule has 3 aromatic carbocycles. The molecule has 7 nitrogen and oxygen atoms in total. The fraction of sp³-hybridized carbons (Fsp3) is 0.222. The topological polar surface area (TPSA) is 95.9 Å². The van der Waals surface area contributed by atoms with Gasteiger partial charge >= 0.3 is 12.1 Å². The van der Waals surface area contributed by atoms with Gasteiger partial charge in [0, 0.05) is 18.5 Å². The second kappa shape index (κ2) is 9.21. The van der Waals surface area contributed by atoms with E-state index in [2.05, 4.69) is 5.32 Å². The van der Waals surface area contributed by atoms with Crippen molar-refractivity contribution < 1.29 is 28.6 Å². The van der Waals surface area contributed by atoms with E-state index in [-0.39, 0.29) is 23.8 Å². The monoisotopic (exact) mass is 476 g/mol. The highest BCUT2D eigenvalue weighted by atomic mass is 19.1. The van der Waals surface area contributed by atoms with Crippen molar-refractivity contribution in [2.75, 3.05) is 19.0 Å². The lowest BCUT2D eigenvalue weighted by Crippen LogP contribution is -2.50. The molecule has 2 N–H and O–H groups in total. The standard InChI is InChI=1S/C27H25FN2O5/c1-27(2,25(32)33)30(3)24(31)16-12-13-23(22(28)14-16)29-26(34)35-15-21-19-10-6-4-8-17(19)18-9-5-7-11-20(18)21/h4-14,21H,15H2,1-3H3,(H,29,34)(H,32,33). The first-order chi connectivity index (χ1) is 16.6. The molecule has 0 fully saturated rings. The van der Waals surface area contributed by atoms with Crippen molar-refractivity contribution in [1.82, 2.24) is 4.90 Å². The van der Waals surface area contributed by atoms with Crippen LogP contribution in [-0.2, 0) is 9.53 Å². The Morgan fingerprint density at radius 3 is 2.11 bits per heavy atom. The predicted molar refractivity (Wildman–Crippen MR) is 129 cm³/mol. The van der Waals surface area contributed by atoms with Gasteiger partial charge in [-0.1, -0.05) is 48.5 Å². The summed E-state index contributed by atoms with van der Waals surface area (Å²) < 4.78 is 20.1. The van der Waals surface area contributed by atoms with Gasteiger partial charge in [-0.05, 0) is 54.3 Å². The van der Waals surface area contributed by atoms with Crippen LogP contribution in [0.15, 0.2) is 66.7 Å². The molecule has 3 aromatic rings. The van der Waals surface area contributed by atoms with E-state index in [4.69, 9.17) is 4.74 Å². The third-order valence-electron chi connectivity index (χ3n) is 6.46. The molecule has 8 heteroatoms. The van der Waals surface area contributed by atoms with E-state index in [0.29, 0.717) is 0 Å². The maximum Gasteiger partial charge on any atom is 0.411 e. The van der Waals surface area contributed by atoms with Crippen molar-refractivity contribution in [3.8, 4) is 11.1 Å². The average Bonchev–Trinajstić information content (AvgIpc) is 3.16. The number of ether oxygens (including phenoxy) is 1. The van der Waals surface area contributed by atoms with Gasteiger partial charge < -0.3 is 14.7 Å². The summed E-state index contributed by atoms with van der Waals surface area (Å²) in [5.41, 5.74) is 2.63. The van der Waals surface area contributed by atoms with Gasteiger partial charge in [0.25, 0.3) is 5.91 Å². The minimum Gasteiger partial charge on any atom is -0.480 e. The Labute approximate surface area is 202 Å². The maximum absolute atomic E-state index is 14.7. The molecule has 180 valence electrons. The minimum atomic E-state index is -1.48. The number of hydrogen-bond acceptors (Lipinski definition) is 4. The first-order valence-electron chi connectivity index (χ1n) is 11.0. The van der Waals surface area contributed by atoms with Crippen molar-refractivity contribution >= 4 is 23.7 Å². The van der Waals surface area contributed by atoms with Crippen LogP contribution in [0.3, 0.4) is 0 Å². The smallest absolute Gasteiger partial charge is 0.411 e. The van der Waals surface area contributed by atoms with Crippen LogP contribution in [0.4, 0.5) is 14.9 Å². The number of carbonyl (C=O) groups excluding carboxylic acids is 2. The van der Waals surface area contributed by atoms with Crippen LogP contribution in [-0.4, -0.2) is 47.2 Å². The number of carboxylic acids is 1. The first kappa shape index (κ1) is 23.9. The molecule has 0 saturated carbocycles. The van der Waals surface area contributed by atoms with E-state index in [1.54, 1.807) is 0 Å². The Morgan fingerprint density at radius 2 is 1.57 bits per heavy atom. The van der Waals surface area contributed by atoms with Gasteiger partial charge in [-0.15, -0.1) is 0 Å². The maximum atomic E-state index is 14.7. The number of halogens is 1. The van der Waals surface area contributed by atoms with E-state index >= 15 is 0 Å². The molecule has 0 aliphatic heterocycles. The molecule has 0 bridgehead atoms. The molecular formula is C27H25FN2O5. The molecule has 0 spiro atoms. The molecule has 0 saturated heterocycles. The number of nitrogens with one attached hydrogen (secondary N) is 1. The van der Waals surface area contributed by atoms with Crippen LogP contribution in [0.2, 0.25) is 0 Å². The zero-order chi connectivity index (χ0) is 25.3. The third kappa shape index (κ3) is 4.47. The lowest BCUT2D eigenvalue weighted by atomic mass is 9.98. The van der Waals surface area contributed by atoms with Gasteiger partial charge in [0.2, 0.25) is 0 Å². The lowest BCUT2D eigenvalue weighted by Gasteiger charge is -2.31. The van der Waals surface area contributed by atoms with Gasteiger partial charge in [0.1, 0.15) is 18.0 Å². The van der Waals surface area contributed by atoms with Gasteiger partial charge in [0.15, 0.2) is 0 Å². The molecule has 0 heterocycles. The van der Waals surface area contributed by atoms with Crippen LogP contribution in [0.25, 0.3) is 11.1 Å². The highest BCUT2D eigenvalue weighted by molar-refractivity contribution is 5.98. The van der Waals surface area contributed by atoms with Gasteiger partial charge in [-0.3, -0.25) is 10.1 Å². The molecule has 0 atom stereocenters. The second-order valence-corrected chi connectivity index (χ2v) is 8.87. The van der Waals surface area contributed by atoms with Crippen LogP contribution >= 0.6 is 0 Å². The normalized spacial score (nSPS) is 12.5. The van der Waals surface area contributed by atoms with E-state index in [1.165, 1.54) is 33.0 Å². The number of carboxylic acid groups (broad SMARTS) is 1. The molecule has 35 heavy (non-hydrogen) atoms. The van der Waals surface area contributed by atoms with E-state index in [9.17, 15) is 23.9 Å². The Balaban J connectivity index is 1.43. The lowest BCUT2D eigenvalue weighted by molar-refractivity contribution is -0.147. The van der Waals surface area contributed by atoms with Crippen molar-refractivity contribution in [2.45, 2.75) is 25.3 Å². The van der Waals surface area contributed by atoms with E-state index in [1.807, 2.05) is 48.5 Å². The molecule has 1 aliphatic carbocycles. The fourth-order valence-electron chi connectivity index (χ4n) is 4.08. The zero-order valence-corrected chi connectivity index (χ0v) is 19.5. The Bertz CT molecular complexity index is 1270. The largest absolute Gasteiger partial charge is 0.480 e. The summed E-state index contributed by atoms with van der Waals surface area (Å²) in [5, 5.41) is 11.7. The molecular weight excluding hydrogens is 451 g/mol. The number of amides is 2. The van der Waals surface area contributed by atoms with Gasteiger partial charge in [-0.25, -0.2) is 14.0 Å². The van der Waals surface area contributed by atoms with Crippen molar-refractivity contribution in [3.63, 3.8) is 0 Å². The van der Waals surface area contributed by atoms with Crippen molar-refractivity contribution in [1.29, 1.82) is 0 Å². The number of fused-ring (bicyclic) bond motifs is 3. The molecule has 4 rings (SSSR count). The highest BCUT2D eigenvalue weighted by Crippen LogP contribution is 2.44. The predicted octanol–water partition coefficient (Wildman–Crippen LogP) is 5.12. The Morgan fingerprint density at radius 1 is 1.00 bits per heavy atom. The number of aliphatic carboxylic acids is 1. The van der Waals surface area contributed by atoms with E-state index < -0.39 is 29.3 Å². The molecule has 0 unspecified atom stereocenters. The van der Waals surface area contributed by atoms with Crippen LogP contribution in [0, 0.1) is 5.82 Å². The number of hydrogen-bond donors (Lipinski definition) is 2. The highest BCUT2D eigenvalue weighted by Gasteiger charge is 2.36. The van der Waals surface area contributed by atoms with Crippen molar-refractivity contribution in [2.24, 2.45) is 0 Å². The number of anilines is 1. The average molecular weight is 477 g/mol. The summed E-state index contributed by atoms with van der Waals surface area (Å²) in [6.45, 7) is 2.82. The summed E-state index contributed by atoms with van der Waals surface area (Å²) in [4.78, 5) is 37.5. The molecule has 1 aliphatic rings. The van der Waals surface area contributed by atoms with Gasteiger partial charge in [0.05, 0.1) is 5.69 Å². The zero-order valence-electron chi connectivity index (χ0n) is 19.5. The molecule has 2 amide bonds. The minimum absolute atomic E-state index is 0.0441. The van der Waals surface area contributed by atoms with Crippen LogP contribution in [0.5, 0.6) is 0 Å². The molecule has 0 aromatic heterocycles. The summed E-state index contributed by atoms with van der Waals surface area (Å²) in [7, 11) is 1.33. The second-order valence-electron chi connectivity index (χ2n) is 8.87. The summed E-state index contributed by atoms with van der Waals surface area (Å²) >= 11 is 0. The Kier molecular flexibility index (Phi) is 6.30. The number of likely N-dealkylation sites (N-methyl/N-ethyl adjacent to an activating group) is 1. The number of carbonyl (C=O) groups is 3. The molecule has 0 radical (unpaired) electrons. The first-order valence-corrected chi connectivity index (χ1v) is 11.0. The fourth-order valence-corrected chi connectivity index (χ4v) is 4.08. The SMILES string of the molecule is CN(C(=O)c1ccc(NC(=O)OCC2c3ccccc3-c3ccccc32)c(F)c1)C(C)(C)C(=O)O. The number of nitrogens with zero attached hydrogens (tertiary/aromatic N) is 1. The number of rotatable bonds is 6. The summed E-state index contributed by atoms with van der Waals surface area (Å²) in [5.74, 6) is -2.83. The Hall–Kier alpha value is -4.20.